The first-order chi connectivity index (χ1) is 26.3. The van der Waals surface area contributed by atoms with Crippen molar-refractivity contribution in [2.45, 2.75) is 12.7 Å². The highest BCUT2D eigenvalue weighted by Gasteiger charge is 2.52. The molecule has 0 spiro atoms. The van der Waals surface area contributed by atoms with Crippen LogP contribution in [-0.2, 0) is 19.9 Å². The predicted molar refractivity (Wildman–Crippen MR) is 164 cm³/mol. The number of benzene rings is 5. The van der Waals surface area contributed by atoms with Gasteiger partial charge in [-0.1, -0.05) is 30.3 Å². The molecule has 5 aromatic rings. The van der Waals surface area contributed by atoms with E-state index in [-0.39, 0.29) is 0 Å². The van der Waals surface area contributed by atoms with Crippen LogP contribution in [0.25, 0.3) is 0 Å². The van der Waals surface area contributed by atoms with Gasteiger partial charge in [0.15, 0.2) is 69.8 Å². The molecule has 0 heterocycles. The molecule has 1 atom stereocenters. The van der Waals surface area contributed by atoms with Crippen LogP contribution in [0.15, 0.2) is 30.3 Å². The van der Waals surface area contributed by atoms with Crippen LogP contribution in [0.1, 0.15) is 12.5 Å². The van der Waals surface area contributed by atoms with E-state index in [1.165, 1.54) is 5.56 Å². The molecule has 5 aromatic carbocycles. The number of hydrogen-bond donors (Lipinski definition) is 0. The van der Waals surface area contributed by atoms with Gasteiger partial charge in [-0.2, -0.15) is 0 Å². The molecule has 5 rings (SSSR count). The normalized spacial score (nSPS) is 12.7. The summed E-state index contributed by atoms with van der Waals surface area (Å²) >= 11 is 0. The average Bonchev–Trinajstić information content (AvgIpc) is 3.18. The van der Waals surface area contributed by atoms with Crippen molar-refractivity contribution in [3.63, 3.8) is 0 Å². The highest BCUT2D eigenvalue weighted by atomic mass is 32.2. The van der Waals surface area contributed by atoms with E-state index >= 15 is 35.1 Å². The van der Waals surface area contributed by atoms with Gasteiger partial charge in [0.05, 0.1) is 9.93 Å². The highest BCUT2D eigenvalue weighted by Crippen LogP contribution is 2.30. The summed E-state index contributed by atoms with van der Waals surface area (Å²) in [7, 11) is -1.62. The van der Waals surface area contributed by atoms with Crippen molar-refractivity contribution in [3.8, 4) is 0 Å². The molecule has 57 heavy (non-hydrogen) atoms. The predicted octanol–water partition coefficient (Wildman–Crippen LogP) is 8.18. The van der Waals surface area contributed by atoms with Crippen LogP contribution in [0.2, 0.25) is 0 Å². The van der Waals surface area contributed by atoms with Crippen molar-refractivity contribution < 1.29 is 92.0 Å². The van der Waals surface area contributed by atoms with E-state index in [2.05, 4.69) is 0 Å². The molecule has 0 saturated carbocycles. The largest absolute Gasteiger partial charge is 0.207 e. The molecule has 0 aromatic heterocycles. The molecule has 0 N–H and O–H groups in total. The molecule has 0 bridgehead atoms. The van der Waals surface area contributed by atoms with Crippen molar-refractivity contribution in [2.75, 3.05) is 12.0 Å². The van der Waals surface area contributed by atoms with Gasteiger partial charge >= 0.3 is 0 Å². The first kappa shape index (κ1) is 44.6. The third kappa shape index (κ3) is 7.11. The summed E-state index contributed by atoms with van der Waals surface area (Å²) in [5.41, 5.74) is -13.2. The van der Waals surface area contributed by atoms with Crippen molar-refractivity contribution in [1.29, 1.82) is 0 Å². The van der Waals surface area contributed by atoms with Gasteiger partial charge in [-0.15, -0.1) is 26.1 Å². The van der Waals surface area contributed by atoms with Gasteiger partial charge in [0.1, 0.15) is 70.4 Å². The molecular weight excluding hydrogens is 847 g/mol. The van der Waals surface area contributed by atoms with E-state index in [0.717, 1.165) is 5.75 Å². The molecular formula is C34H15BF20OS. The lowest BCUT2D eigenvalue weighted by atomic mass is 9.12. The Hall–Kier alpha value is -5.09. The molecule has 23 heteroatoms. The summed E-state index contributed by atoms with van der Waals surface area (Å²) in [6.07, 6.45) is -5.37. The lowest BCUT2D eigenvalue weighted by molar-refractivity contribution is 0.378. The van der Waals surface area contributed by atoms with E-state index in [1.54, 1.807) is 0 Å². The van der Waals surface area contributed by atoms with E-state index in [4.69, 9.17) is 0 Å². The summed E-state index contributed by atoms with van der Waals surface area (Å²) in [6, 6.07) is 10.0. The molecule has 0 amide bonds. The van der Waals surface area contributed by atoms with Crippen LogP contribution < -0.4 is 21.9 Å². The molecule has 306 valence electrons. The quantitative estimate of drug-likeness (QED) is 0.0531. The van der Waals surface area contributed by atoms with Crippen LogP contribution in [0, 0.1) is 116 Å². The Balaban J connectivity index is 0.000000512. The van der Waals surface area contributed by atoms with Crippen molar-refractivity contribution in [3.05, 3.63) is 152 Å². The van der Waals surface area contributed by atoms with E-state index in [1.807, 2.05) is 43.5 Å². The summed E-state index contributed by atoms with van der Waals surface area (Å²) in [4.78, 5) is 0. The maximum atomic E-state index is 15.4. The Bertz CT molecular complexity index is 2090. The molecule has 0 radical (unpaired) electrons. The third-order valence-electron chi connectivity index (χ3n) is 8.63. The highest BCUT2D eigenvalue weighted by molar-refractivity contribution is 8.01. The second-order valence-corrected chi connectivity index (χ2v) is 15.1. The first-order valence-electron chi connectivity index (χ1n) is 15.1. The minimum absolute atomic E-state index is 0.713. The smallest absolute Gasteiger partial charge is 0.200 e. The number of halogens is 20. The third-order valence-corrected chi connectivity index (χ3v) is 10.8. The van der Waals surface area contributed by atoms with Crippen LogP contribution in [0.4, 0.5) is 87.8 Å². The molecule has 0 aliphatic heterocycles. The lowest BCUT2D eigenvalue weighted by Crippen LogP contribution is -2.81. The second kappa shape index (κ2) is 16.0. The maximum Gasteiger partial charge on any atom is 0.200 e. The zero-order valence-corrected chi connectivity index (χ0v) is 28.6. The van der Waals surface area contributed by atoms with Crippen molar-refractivity contribution in [2.24, 2.45) is 0 Å². The van der Waals surface area contributed by atoms with Crippen molar-refractivity contribution in [1.82, 2.24) is 0 Å². The Kier molecular flexibility index (Phi) is 12.6. The minimum atomic E-state index is -7.22. The molecule has 0 aliphatic rings. The van der Waals surface area contributed by atoms with Gasteiger partial charge in [-0.25, -0.2) is 87.8 Å². The first-order valence-corrected chi connectivity index (χ1v) is 17.4. The Labute approximate surface area is 306 Å². The molecule has 0 aliphatic carbocycles. The summed E-state index contributed by atoms with van der Waals surface area (Å²) in [5.74, 6) is -69.9. The number of hydrogen-bond acceptors (Lipinski definition) is 1. The Morgan fingerprint density at radius 3 is 0.754 bits per heavy atom. The van der Waals surface area contributed by atoms with E-state index in [0.29, 0.717) is 5.75 Å². The van der Waals surface area contributed by atoms with Crippen LogP contribution >= 0.6 is 0 Å². The van der Waals surface area contributed by atoms with Gasteiger partial charge < -0.3 is 0 Å². The zero-order chi connectivity index (χ0) is 43.4. The Morgan fingerprint density at radius 2 is 0.561 bits per heavy atom. The monoisotopic (exact) mass is 862 g/mol. The fourth-order valence-electron chi connectivity index (χ4n) is 5.90. The molecule has 0 fully saturated rings. The lowest BCUT2D eigenvalue weighted by Gasteiger charge is -2.44. The zero-order valence-electron chi connectivity index (χ0n) is 27.8. The number of rotatable bonds is 7. The average molecular weight is 862 g/mol. The van der Waals surface area contributed by atoms with Gasteiger partial charge in [0.25, 0.3) is 0 Å². The summed E-state index contributed by atoms with van der Waals surface area (Å²) < 4.78 is 306. The summed E-state index contributed by atoms with van der Waals surface area (Å²) in [5, 5.41) is 0. The Morgan fingerprint density at radius 1 is 0.368 bits per heavy atom. The minimum Gasteiger partial charge on any atom is -0.207 e. The van der Waals surface area contributed by atoms with Gasteiger partial charge in [-0.3, -0.25) is 0 Å². The standard InChI is InChI=1S/C24BF20.C10H15OS/c26-5-1(6(27)14(35)21(42)13(5)34)25(2-7(28)15(36)22(43)16(37)8(2)29,3-9(30)17(38)23(44)18(39)10(3)31)4-11(32)19(40)24(45)20(41)12(4)33;1-3-12(2,11)9-10-7-5-4-6-8-10/h;4-8H,3,9H2,1-2H3/q-1;+1. The van der Waals surface area contributed by atoms with Crippen LogP contribution in [0.5, 0.6) is 0 Å². The van der Waals surface area contributed by atoms with Crippen LogP contribution in [0.3, 0.4) is 0 Å². The molecule has 0 saturated heterocycles. The molecule has 1 unspecified atom stereocenters. The summed E-state index contributed by atoms with van der Waals surface area (Å²) in [6.45, 7) is 1.98. The maximum absolute atomic E-state index is 15.4. The van der Waals surface area contributed by atoms with Gasteiger partial charge in [0, 0.05) is 5.56 Å². The van der Waals surface area contributed by atoms with Crippen molar-refractivity contribution >= 4 is 37.9 Å². The van der Waals surface area contributed by atoms with Gasteiger partial charge in [-0.05, 0) is 6.92 Å². The SMILES string of the molecule is CC[S+](C)(=O)Cc1ccccc1.Fc1c(F)c(F)c([B-](c2c(F)c(F)c(F)c(F)c2F)(c2c(F)c(F)c(F)c(F)c2F)c2c(F)c(F)c(F)c(F)c2F)c(F)c1F. The fourth-order valence-corrected chi connectivity index (χ4v) is 7.00. The second-order valence-electron chi connectivity index (χ2n) is 11.9. The molecule has 1 nitrogen and oxygen atoms in total. The van der Waals surface area contributed by atoms with Crippen LogP contribution in [-0.4, -0.2) is 18.2 Å². The topological polar surface area (TPSA) is 17.1 Å². The van der Waals surface area contributed by atoms with Gasteiger partial charge in [0.2, 0.25) is 0 Å². The van der Waals surface area contributed by atoms with E-state index < -0.39 is 154 Å². The fraction of sp³-hybridized carbons (Fsp3) is 0.118. The van der Waals surface area contributed by atoms with E-state index in [9.17, 15) is 56.9 Å².